The number of carbonyl (C=O) groups excluding carboxylic acids is 1. The van der Waals surface area contributed by atoms with E-state index in [9.17, 15) is 19.5 Å². The molecule has 1 amide bonds. The minimum atomic E-state index is -1.10. The molecule has 9 heteroatoms. The third kappa shape index (κ3) is 7.78. The van der Waals surface area contributed by atoms with Crippen molar-refractivity contribution in [2.45, 2.75) is 38.8 Å². The highest BCUT2D eigenvalue weighted by molar-refractivity contribution is 5.85. The Bertz CT molecular complexity index is 794. The maximum absolute atomic E-state index is 11.8. The SMILES string of the molecule is CC(C)(C)OC(=O)NC(Cc1c[nH]c2ccccc12)C(=O)O.NCC(=O)O. The summed E-state index contributed by atoms with van der Waals surface area (Å²) >= 11 is 0. The number of para-hydroxylation sites is 1. The summed E-state index contributed by atoms with van der Waals surface area (Å²) in [4.78, 5) is 35.5. The van der Waals surface area contributed by atoms with Crippen molar-refractivity contribution in [3.63, 3.8) is 0 Å². The minimum Gasteiger partial charge on any atom is -0.480 e. The Morgan fingerprint density at radius 2 is 1.81 bits per heavy atom. The number of hydrogen-bond donors (Lipinski definition) is 5. The molecule has 0 saturated heterocycles. The zero-order valence-electron chi connectivity index (χ0n) is 15.5. The number of carbonyl (C=O) groups is 3. The van der Waals surface area contributed by atoms with Crippen molar-refractivity contribution in [3.05, 3.63) is 36.0 Å². The van der Waals surface area contributed by atoms with Crippen LogP contribution in [0.15, 0.2) is 30.5 Å². The maximum Gasteiger partial charge on any atom is 0.408 e. The number of carboxylic acids is 2. The predicted octanol–water partition coefficient (Wildman–Crippen LogP) is 1.72. The molecule has 1 atom stereocenters. The summed E-state index contributed by atoms with van der Waals surface area (Å²) in [7, 11) is 0. The van der Waals surface area contributed by atoms with Crippen LogP contribution >= 0.6 is 0 Å². The van der Waals surface area contributed by atoms with Crippen LogP contribution in [-0.4, -0.2) is 51.4 Å². The van der Waals surface area contributed by atoms with Gasteiger partial charge in [-0.1, -0.05) is 18.2 Å². The molecule has 6 N–H and O–H groups in total. The molecule has 0 aliphatic heterocycles. The number of aromatic nitrogens is 1. The number of amides is 1. The first kappa shape index (κ1) is 22.0. The van der Waals surface area contributed by atoms with Gasteiger partial charge in [-0.3, -0.25) is 4.79 Å². The Kier molecular flexibility index (Phi) is 7.79. The highest BCUT2D eigenvalue weighted by atomic mass is 16.6. The van der Waals surface area contributed by atoms with Gasteiger partial charge in [0, 0.05) is 23.5 Å². The van der Waals surface area contributed by atoms with Gasteiger partial charge in [0.15, 0.2) is 0 Å². The second-order valence-corrected chi connectivity index (χ2v) is 6.70. The molecule has 0 saturated carbocycles. The number of fused-ring (bicyclic) bond motifs is 1. The molecule has 2 aromatic rings. The van der Waals surface area contributed by atoms with Crippen molar-refractivity contribution in [2.75, 3.05) is 6.54 Å². The summed E-state index contributed by atoms with van der Waals surface area (Å²) in [5.41, 5.74) is 5.66. The molecule has 0 bridgehead atoms. The second kappa shape index (κ2) is 9.58. The first-order valence-corrected chi connectivity index (χ1v) is 8.22. The average molecular weight is 379 g/mol. The smallest absolute Gasteiger partial charge is 0.408 e. The number of hydrogen-bond acceptors (Lipinski definition) is 5. The van der Waals surface area contributed by atoms with Crippen LogP contribution in [0.25, 0.3) is 10.9 Å². The normalized spacial score (nSPS) is 11.9. The molecular formula is C18H25N3O6. The number of ether oxygens (including phenoxy) is 1. The average Bonchev–Trinajstić information content (AvgIpc) is 2.96. The van der Waals surface area contributed by atoms with E-state index < -0.39 is 29.7 Å². The van der Waals surface area contributed by atoms with Crippen LogP contribution in [-0.2, 0) is 20.7 Å². The molecule has 0 aliphatic carbocycles. The lowest BCUT2D eigenvalue weighted by Gasteiger charge is -2.21. The van der Waals surface area contributed by atoms with Crippen molar-refractivity contribution in [3.8, 4) is 0 Å². The number of rotatable bonds is 5. The summed E-state index contributed by atoms with van der Waals surface area (Å²) in [6.07, 6.45) is 1.20. The van der Waals surface area contributed by atoms with Crippen LogP contribution in [0.3, 0.4) is 0 Å². The number of carboxylic acid groups (broad SMARTS) is 2. The molecule has 148 valence electrons. The van der Waals surface area contributed by atoms with Gasteiger partial charge in [0.2, 0.25) is 0 Å². The summed E-state index contributed by atoms with van der Waals surface area (Å²) in [6.45, 7) is 4.89. The Labute approximate surface area is 156 Å². The van der Waals surface area contributed by atoms with E-state index in [0.717, 1.165) is 16.5 Å². The maximum atomic E-state index is 11.8. The predicted molar refractivity (Wildman–Crippen MR) is 99.5 cm³/mol. The van der Waals surface area contributed by atoms with Gasteiger partial charge < -0.3 is 31.0 Å². The van der Waals surface area contributed by atoms with Crippen molar-refractivity contribution in [2.24, 2.45) is 5.73 Å². The van der Waals surface area contributed by atoms with Gasteiger partial charge in [-0.05, 0) is 32.4 Å². The first-order chi connectivity index (χ1) is 12.5. The summed E-state index contributed by atoms with van der Waals surface area (Å²) in [5, 5.41) is 20.3. The summed E-state index contributed by atoms with van der Waals surface area (Å²) in [5.74, 6) is -2.07. The minimum absolute atomic E-state index is 0.179. The number of alkyl carbamates (subject to hydrolysis) is 1. The summed E-state index contributed by atoms with van der Waals surface area (Å²) < 4.78 is 5.10. The van der Waals surface area contributed by atoms with Crippen LogP contribution in [0, 0.1) is 0 Å². The molecule has 9 nitrogen and oxygen atoms in total. The third-order valence-electron chi connectivity index (χ3n) is 3.26. The van der Waals surface area contributed by atoms with E-state index in [1.165, 1.54) is 0 Å². The summed E-state index contributed by atoms with van der Waals surface area (Å²) in [6, 6.07) is 6.56. The molecule has 1 heterocycles. The van der Waals surface area contributed by atoms with Crippen molar-refractivity contribution in [1.82, 2.24) is 10.3 Å². The topological polar surface area (TPSA) is 155 Å². The monoisotopic (exact) mass is 379 g/mol. The van der Waals surface area contributed by atoms with E-state index in [1.807, 2.05) is 24.3 Å². The third-order valence-corrected chi connectivity index (χ3v) is 3.26. The molecule has 0 radical (unpaired) electrons. The number of aliphatic carboxylic acids is 2. The lowest BCUT2D eigenvalue weighted by molar-refractivity contribution is -0.139. The quantitative estimate of drug-likeness (QED) is 0.529. The van der Waals surface area contributed by atoms with Gasteiger partial charge in [0.25, 0.3) is 0 Å². The molecule has 1 aromatic carbocycles. The lowest BCUT2D eigenvalue weighted by Crippen LogP contribution is -2.44. The van der Waals surface area contributed by atoms with Gasteiger partial charge in [-0.2, -0.15) is 0 Å². The molecule has 0 fully saturated rings. The zero-order chi connectivity index (χ0) is 20.6. The highest BCUT2D eigenvalue weighted by Gasteiger charge is 2.25. The van der Waals surface area contributed by atoms with Gasteiger partial charge >= 0.3 is 18.0 Å². The van der Waals surface area contributed by atoms with Crippen LogP contribution in [0.2, 0.25) is 0 Å². The fourth-order valence-electron chi connectivity index (χ4n) is 2.17. The van der Waals surface area contributed by atoms with E-state index in [2.05, 4.69) is 16.0 Å². The Morgan fingerprint density at radius 1 is 1.22 bits per heavy atom. The first-order valence-electron chi connectivity index (χ1n) is 8.22. The second-order valence-electron chi connectivity index (χ2n) is 6.70. The molecule has 2 rings (SSSR count). The molecule has 1 aromatic heterocycles. The van der Waals surface area contributed by atoms with Gasteiger partial charge in [0.1, 0.15) is 11.6 Å². The van der Waals surface area contributed by atoms with Crippen LogP contribution in [0.1, 0.15) is 26.3 Å². The molecule has 1 unspecified atom stereocenters. The fraction of sp³-hybridized carbons (Fsp3) is 0.389. The standard InChI is InChI=1S/C16H20N2O4.C2H5NO2/c1-16(2,3)22-15(21)18-13(14(19)20)8-10-9-17-12-7-5-4-6-11(10)12;3-1-2(4)5/h4-7,9,13,17H,8H2,1-3H3,(H,18,21)(H,19,20);1,3H2,(H,4,5). The van der Waals surface area contributed by atoms with Crippen LogP contribution < -0.4 is 11.1 Å². The number of nitrogens with one attached hydrogen (secondary N) is 2. The van der Waals surface area contributed by atoms with E-state index in [4.69, 9.17) is 9.84 Å². The van der Waals surface area contributed by atoms with Crippen LogP contribution in [0.5, 0.6) is 0 Å². The number of nitrogens with two attached hydrogens (primary N) is 1. The van der Waals surface area contributed by atoms with Crippen molar-refractivity contribution < 1.29 is 29.3 Å². The Hall–Kier alpha value is -3.07. The van der Waals surface area contributed by atoms with E-state index in [-0.39, 0.29) is 13.0 Å². The van der Waals surface area contributed by atoms with Gasteiger partial charge in [0.05, 0.1) is 6.54 Å². The molecular weight excluding hydrogens is 354 g/mol. The largest absolute Gasteiger partial charge is 0.480 e. The van der Waals surface area contributed by atoms with Crippen LogP contribution in [0.4, 0.5) is 4.79 Å². The number of benzene rings is 1. The number of aromatic amines is 1. The lowest BCUT2D eigenvalue weighted by atomic mass is 10.1. The molecule has 0 spiro atoms. The van der Waals surface area contributed by atoms with Crippen molar-refractivity contribution >= 4 is 28.9 Å². The van der Waals surface area contributed by atoms with Crippen molar-refractivity contribution in [1.29, 1.82) is 0 Å². The van der Waals surface area contributed by atoms with Gasteiger partial charge in [-0.25, -0.2) is 9.59 Å². The van der Waals surface area contributed by atoms with E-state index in [1.54, 1.807) is 27.0 Å². The Balaban J connectivity index is 0.000000646. The Morgan fingerprint density at radius 3 is 2.33 bits per heavy atom. The fourth-order valence-corrected chi connectivity index (χ4v) is 2.17. The van der Waals surface area contributed by atoms with E-state index in [0.29, 0.717) is 0 Å². The number of H-pyrrole nitrogens is 1. The molecule has 27 heavy (non-hydrogen) atoms. The van der Waals surface area contributed by atoms with E-state index >= 15 is 0 Å². The molecule has 0 aliphatic rings. The highest BCUT2D eigenvalue weighted by Crippen LogP contribution is 2.19. The van der Waals surface area contributed by atoms with Gasteiger partial charge in [-0.15, -0.1) is 0 Å². The zero-order valence-corrected chi connectivity index (χ0v) is 15.5.